The topological polar surface area (TPSA) is 65.9 Å². The smallest absolute Gasteiger partial charge is 0.142 e. The number of hydrogen-bond donors (Lipinski definition) is 1. The predicted molar refractivity (Wildman–Crippen MR) is 67.6 cm³/mol. The maximum Gasteiger partial charge on any atom is 0.142 e. The average molecular weight is 230 g/mol. The van der Waals surface area contributed by atoms with Crippen molar-refractivity contribution in [2.24, 2.45) is 5.73 Å². The fourth-order valence-corrected chi connectivity index (χ4v) is 2.49. The Bertz CT molecular complexity index is 408. The normalized spacial score (nSPS) is 20.0. The van der Waals surface area contributed by atoms with Gasteiger partial charge in [0.05, 0.1) is 0 Å². The minimum atomic E-state index is 0.486. The first-order valence-electron chi connectivity index (χ1n) is 6.18. The van der Waals surface area contributed by atoms with Gasteiger partial charge in [0.15, 0.2) is 0 Å². The molecule has 4 heteroatoms. The molecule has 1 aliphatic rings. The monoisotopic (exact) mass is 230 g/mol. The van der Waals surface area contributed by atoms with E-state index < -0.39 is 0 Å². The van der Waals surface area contributed by atoms with Crippen molar-refractivity contribution in [1.29, 1.82) is 5.26 Å². The Hall–Kier alpha value is -1.60. The van der Waals surface area contributed by atoms with Gasteiger partial charge in [0.1, 0.15) is 11.8 Å². The van der Waals surface area contributed by atoms with Crippen molar-refractivity contribution in [3.05, 3.63) is 24.0 Å². The van der Waals surface area contributed by atoms with Gasteiger partial charge >= 0.3 is 0 Å². The van der Waals surface area contributed by atoms with Gasteiger partial charge in [-0.15, -0.1) is 0 Å². The lowest BCUT2D eigenvalue weighted by molar-refractivity contribution is 0.442. The van der Waals surface area contributed by atoms with Gasteiger partial charge in [-0.1, -0.05) is 0 Å². The summed E-state index contributed by atoms with van der Waals surface area (Å²) < 4.78 is 0. The van der Waals surface area contributed by atoms with Crippen molar-refractivity contribution in [2.75, 3.05) is 18.0 Å². The fourth-order valence-electron chi connectivity index (χ4n) is 2.49. The number of nitrogens with zero attached hydrogens (tertiary/aromatic N) is 3. The fraction of sp³-hybridized carbons (Fsp3) is 0.538. The zero-order valence-corrected chi connectivity index (χ0v) is 9.97. The summed E-state index contributed by atoms with van der Waals surface area (Å²) in [6.07, 6.45) is 6.41. The summed E-state index contributed by atoms with van der Waals surface area (Å²) >= 11 is 0. The van der Waals surface area contributed by atoms with Gasteiger partial charge in [-0.05, 0) is 44.4 Å². The van der Waals surface area contributed by atoms with Crippen LogP contribution in [-0.2, 0) is 0 Å². The van der Waals surface area contributed by atoms with Crippen LogP contribution in [0.25, 0.3) is 0 Å². The summed E-state index contributed by atoms with van der Waals surface area (Å²) in [4.78, 5) is 6.39. The van der Waals surface area contributed by atoms with Crippen molar-refractivity contribution < 1.29 is 0 Å². The number of nitriles is 1. The second kappa shape index (κ2) is 5.65. The van der Waals surface area contributed by atoms with Gasteiger partial charge in [-0.25, -0.2) is 4.98 Å². The number of rotatable bonds is 3. The van der Waals surface area contributed by atoms with E-state index in [-0.39, 0.29) is 0 Å². The third-order valence-corrected chi connectivity index (χ3v) is 3.32. The van der Waals surface area contributed by atoms with E-state index in [4.69, 9.17) is 11.0 Å². The Balaban J connectivity index is 2.20. The van der Waals surface area contributed by atoms with Crippen LogP contribution in [0.3, 0.4) is 0 Å². The Morgan fingerprint density at radius 2 is 2.41 bits per heavy atom. The SMILES string of the molecule is N#Cc1cc(N2CCCCC2CCN)ccn1. The van der Waals surface area contributed by atoms with Crippen LogP contribution in [0.5, 0.6) is 0 Å². The molecule has 1 atom stereocenters. The van der Waals surface area contributed by atoms with Crippen molar-refractivity contribution >= 4 is 5.69 Å². The predicted octanol–water partition coefficient (Wildman–Crippen LogP) is 1.66. The van der Waals surface area contributed by atoms with Crippen molar-refractivity contribution in [3.63, 3.8) is 0 Å². The molecule has 1 fully saturated rings. The Labute approximate surface area is 102 Å². The minimum absolute atomic E-state index is 0.486. The van der Waals surface area contributed by atoms with Gasteiger partial charge < -0.3 is 10.6 Å². The highest BCUT2D eigenvalue weighted by molar-refractivity contribution is 5.50. The van der Waals surface area contributed by atoms with Gasteiger partial charge in [-0.2, -0.15) is 5.26 Å². The van der Waals surface area contributed by atoms with Gasteiger partial charge in [0.25, 0.3) is 0 Å². The molecule has 1 aliphatic heterocycles. The van der Waals surface area contributed by atoms with Crippen LogP contribution in [0.2, 0.25) is 0 Å². The molecule has 1 unspecified atom stereocenters. The van der Waals surface area contributed by atoms with Crippen LogP contribution in [0.4, 0.5) is 5.69 Å². The minimum Gasteiger partial charge on any atom is -0.368 e. The van der Waals surface area contributed by atoms with Crippen LogP contribution in [0, 0.1) is 11.3 Å². The summed E-state index contributed by atoms with van der Waals surface area (Å²) in [5.74, 6) is 0. The van der Waals surface area contributed by atoms with Crippen LogP contribution in [0.1, 0.15) is 31.4 Å². The second-order valence-corrected chi connectivity index (χ2v) is 4.43. The van der Waals surface area contributed by atoms with Crippen LogP contribution in [-0.4, -0.2) is 24.1 Å². The molecule has 0 aromatic carbocycles. The van der Waals surface area contributed by atoms with E-state index in [1.54, 1.807) is 6.20 Å². The number of hydrogen-bond acceptors (Lipinski definition) is 4. The van der Waals surface area contributed by atoms with Crippen molar-refractivity contribution in [1.82, 2.24) is 4.98 Å². The van der Waals surface area contributed by atoms with Crippen molar-refractivity contribution in [2.45, 2.75) is 31.7 Å². The van der Waals surface area contributed by atoms with Gasteiger partial charge in [0.2, 0.25) is 0 Å². The van der Waals surface area contributed by atoms with Crippen molar-refractivity contribution in [3.8, 4) is 6.07 Å². The first-order valence-corrected chi connectivity index (χ1v) is 6.18. The summed E-state index contributed by atoms with van der Waals surface area (Å²) in [7, 11) is 0. The zero-order chi connectivity index (χ0) is 12.1. The first-order chi connectivity index (χ1) is 8.35. The van der Waals surface area contributed by atoms with Crippen LogP contribution >= 0.6 is 0 Å². The summed E-state index contributed by atoms with van der Waals surface area (Å²) in [6.45, 7) is 1.77. The van der Waals surface area contributed by atoms with Gasteiger partial charge in [0, 0.05) is 24.5 Å². The van der Waals surface area contributed by atoms with E-state index in [9.17, 15) is 0 Å². The molecule has 0 spiro atoms. The molecule has 0 amide bonds. The summed E-state index contributed by atoms with van der Waals surface area (Å²) in [5, 5.41) is 8.88. The number of pyridine rings is 1. The molecule has 1 saturated heterocycles. The highest BCUT2D eigenvalue weighted by Gasteiger charge is 2.22. The molecule has 17 heavy (non-hydrogen) atoms. The quantitative estimate of drug-likeness (QED) is 0.857. The lowest BCUT2D eigenvalue weighted by Gasteiger charge is -2.37. The standard InChI is InChI=1S/C13H18N4/c14-6-4-12-3-1-2-8-17(12)13-5-7-16-11(9-13)10-15/h5,7,9,12H,1-4,6,8,14H2. The molecular formula is C13H18N4. The molecule has 2 heterocycles. The summed E-state index contributed by atoms with van der Waals surface area (Å²) in [5.41, 5.74) is 7.26. The Morgan fingerprint density at radius 1 is 1.53 bits per heavy atom. The molecule has 0 aliphatic carbocycles. The first kappa shape index (κ1) is 11.9. The zero-order valence-electron chi connectivity index (χ0n) is 9.97. The number of aromatic nitrogens is 1. The largest absolute Gasteiger partial charge is 0.368 e. The number of anilines is 1. The highest BCUT2D eigenvalue weighted by atomic mass is 15.2. The Morgan fingerprint density at radius 3 is 3.18 bits per heavy atom. The molecule has 2 N–H and O–H groups in total. The van der Waals surface area contributed by atoms with E-state index in [0.29, 0.717) is 11.7 Å². The molecular weight excluding hydrogens is 212 g/mol. The van der Waals surface area contributed by atoms with E-state index in [2.05, 4.69) is 16.0 Å². The maximum absolute atomic E-state index is 8.88. The van der Waals surface area contributed by atoms with E-state index in [1.807, 2.05) is 12.1 Å². The lowest BCUT2D eigenvalue weighted by atomic mass is 9.98. The molecule has 2 rings (SSSR count). The summed E-state index contributed by atoms with van der Waals surface area (Å²) in [6, 6.07) is 6.46. The molecule has 0 bridgehead atoms. The molecule has 1 aromatic rings. The van der Waals surface area contributed by atoms with E-state index >= 15 is 0 Å². The molecule has 0 saturated carbocycles. The molecule has 4 nitrogen and oxygen atoms in total. The van der Waals surface area contributed by atoms with E-state index in [0.717, 1.165) is 25.2 Å². The second-order valence-electron chi connectivity index (χ2n) is 4.43. The Kier molecular flexibility index (Phi) is 3.94. The lowest BCUT2D eigenvalue weighted by Crippen LogP contribution is -2.40. The third-order valence-electron chi connectivity index (χ3n) is 3.32. The number of nitrogens with two attached hydrogens (primary N) is 1. The molecule has 90 valence electrons. The van der Waals surface area contributed by atoms with Gasteiger partial charge in [-0.3, -0.25) is 0 Å². The average Bonchev–Trinajstić information content (AvgIpc) is 2.40. The van der Waals surface area contributed by atoms with Crippen LogP contribution < -0.4 is 10.6 Å². The molecule has 1 aromatic heterocycles. The third kappa shape index (κ3) is 2.75. The van der Waals surface area contributed by atoms with Crippen LogP contribution in [0.15, 0.2) is 18.3 Å². The molecule has 0 radical (unpaired) electrons. The number of piperidine rings is 1. The maximum atomic E-state index is 8.88. The highest BCUT2D eigenvalue weighted by Crippen LogP contribution is 2.26. The van der Waals surface area contributed by atoms with E-state index in [1.165, 1.54) is 19.3 Å².